The third-order valence-corrected chi connectivity index (χ3v) is 3.42. The van der Waals surface area contributed by atoms with Crippen LogP contribution in [0.5, 0.6) is 5.75 Å². The number of hydrogen-bond acceptors (Lipinski definition) is 7. The molecule has 0 fully saturated rings. The Hall–Kier alpha value is -3.74. The molecule has 1 heterocycles. The molecule has 0 aliphatic heterocycles. The first-order valence-corrected chi connectivity index (χ1v) is 7.60. The van der Waals surface area contributed by atoms with Gasteiger partial charge in [0.1, 0.15) is 5.75 Å². The number of nitrogens with zero attached hydrogens (tertiary/aromatic N) is 2. The van der Waals surface area contributed by atoms with Crippen LogP contribution in [-0.4, -0.2) is 29.2 Å². The van der Waals surface area contributed by atoms with Crippen LogP contribution in [0.1, 0.15) is 15.9 Å². The second-order valence-electron chi connectivity index (χ2n) is 5.14. The minimum absolute atomic E-state index is 0.387. The summed E-state index contributed by atoms with van der Waals surface area (Å²) in [5, 5.41) is 7.40. The Morgan fingerprint density at radius 3 is 2.38 bits per heavy atom. The van der Waals surface area contributed by atoms with Crippen LogP contribution in [0.4, 0.5) is 0 Å². The van der Waals surface area contributed by atoms with Crippen molar-refractivity contribution in [1.82, 2.24) is 10.2 Å². The zero-order valence-electron chi connectivity index (χ0n) is 13.8. The molecule has 7 nitrogen and oxygen atoms in total. The van der Waals surface area contributed by atoms with Crippen LogP contribution in [0.3, 0.4) is 0 Å². The molecule has 0 saturated heterocycles. The molecule has 1 aromatic heterocycles. The van der Waals surface area contributed by atoms with Crippen molar-refractivity contribution in [1.29, 1.82) is 0 Å². The minimum atomic E-state index is -0.521. The van der Waals surface area contributed by atoms with Gasteiger partial charge >= 0.3 is 11.9 Å². The zero-order chi connectivity index (χ0) is 18.4. The molecule has 0 spiro atoms. The molecular weight excluding hydrogens is 336 g/mol. The van der Waals surface area contributed by atoms with Crippen molar-refractivity contribution in [2.24, 2.45) is 0 Å². The van der Waals surface area contributed by atoms with E-state index in [4.69, 9.17) is 9.15 Å². The summed E-state index contributed by atoms with van der Waals surface area (Å²) in [6.07, 6.45) is 4.14. The maximum atomic E-state index is 11.9. The lowest BCUT2D eigenvalue weighted by Gasteiger charge is -2.02. The topological polar surface area (TPSA) is 91.5 Å². The summed E-state index contributed by atoms with van der Waals surface area (Å²) in [6.45, 7) is 0. The van der Waals surface area contributed by atoms with E-state index < -0.39 is 11.9 Å². The van der Waals surface area contributed by atoms with Gasteiger partial charge in [-0.05, 0) is 48.0 Å². The Morgan fingerprint density at radius 1 is 1.04 bits per heavy atom. The molecule has 130 valence electrons. The molecule has 7 heteroatoms. The highest BCUT2D eigenvalue weighted by atomic mass is 16.5. The Bertz CT molecular complexity index is 914. The quantitative estimate of drug-likeness (QED) is 0.396. The maximum absolute atomic E-state index is 11.9. The summed E-state index contributed by atoms with van der Waals surface area (Å²) in [7, 11) is 1.32. The fourth-order valence-corrected chi connectivity index (χ4v) is 2.13. The highest BCUT2D eigenvalue weighted by molar-refractivity contribution is 5.90. The fourth-order valence-electron chi connectivity index (χ4n) is 2.13. The predicted molar refractivity (Wildman–Crippen MR) is 92.2 cm³/mol. The number of methoxy groups -OCH3 is 1. The van der Waals surface area contributed by atoms with Crippen molar-refractivity contribution in [3.63, 3.8) is 0 Å². The van der Waals surface area contributed by atoms with Crippen LogP contribution in [0.25, 0.3) is 17.5 Å². The number of hydrogen-bond donors (Lipinski definition) is 0. The highest BCUT2D eigenvalue weighted by Crippen LogP contribution is 2.20. The van der Waals surface area contributed by atoms with Gasteiger partial charge in [0.05, 0.1) is 12.7 Å². The summed E-state index contributed by atoms with van der Waals surface area (Å²) in [6, 6.07) is 13.3. The second kappa shape index (κ2) is 7.89. The largest absolute Gasteiger partial charge is 0.465 e. The summed E-state index contributed by atoms with van der Waals surface area (Å²) in [4.78, 5) is 23.3. The number of benzene rings is 2. The van der Waals surface area contributed by atoms with Crippen LogP contribution in [0.15, 0.2) is 65.4 Å². The van der Waals surface area contributed by atoms with Gasteiger partial charge in [-0.1, -0.05) is 12.1 Å². The number of carbonyl (C=O) groups is 2. The minimum Gasteiger partial charge on any atom is -0.465 e. The molecule has 0 atom stereocenters. The summed E-state index contributed by atoms with van der Waals surface area (Å²) < 4.78 is 14.9. The van der Waals surface area contributed by atoms with E-state index in [0.717, 1.165) is 11.1 Å². The standard InChI is InChI=1S/C19H14N2O5/c1-24-19(23)15-5-2-13(3-6-15)4-11-17(22)26-16-9-7-14(8-10-16)18-21-20-12-25-18/h2-12H,1H3/b11-4+. The first-order chi connectivity index (χ1) is 12.7. The van der Waals surface area contributed by atoms with Gasteiger partial charge < -0.3 is 13.9 Å². The summed E-state index contributed by atoms with van der Waals surface area (Å²) >= 11 is 0. The molecule has 0 bridgehead atoms. The van der Waals surface area contributed by atoms with E-state index in [1.165, 1.54) is 19.6 Å². The lowest BCUT2D eigenvalue weighted by molar-refractivity contribution is -0.128. The van der Waals surface area contributed by atoms with Crippen LogP contribution in [0, 0.1) is 0 Å². The average Bonchev–Trinajstić information content (AvgIpc) is 3.21. The summed E-state index contributed by atoms with van der Waals surface area (Å²) in [5.74, 6) is -0.154. The number of aromatic nitrogens is 2. The molecule has 3 aromatic rings. The van der Waals surface area contributed by atoms with Crippen molar-refractivity contribution in [2.45, 2.75) is 0 Å². The van der Waals surface area contributed by atoms with Gasteiger partial charge in [-0.3, -0.25) is 0 Å². The molecule has 0 amide bonds. The Labute approximate surface area is 148 Å². The molecule has 2 aromatic carbocycles. The Balaban J connectivity index is 1.59. The molecule has 26 heavy (non-hydrogen) atoms. The monoisotopic (exact) mass is 350 g/mol. The van der Waals surface area contributed by atoms with Gasteiger partial charge in [0.15, 0.2) is 0 Å². The van der Waals surface area contributed by atoms with E-state index in [2.05, 4.69) is 14.9 Å². The lowest BCUT2D eigenvalue weighted by Crippen LogP contribution is -2.03. The second-order valence-corrected chi connectivity index (χ2v) is 5.14. The van der Waals surface area contributed by atoms with Crippen molar-refractivity contribution < 1.29 is 23.5 Å². The normalized spacial score (nSPS) is 10.7. The average molecular weight is 350 g/mol. The lowest BCUT2D eigenvalue weighted by atomic mass is 10.1. The molecular formula is C19H14N2O5. The molecule has 0 N–H and O–H groups in total. The Morgan fingerprint density at radius 2 is 1.77 bits per heavy atom. The van der Waals surface area contributed by atoms with Gasteiger partial charge in [-0.15, -0.1) is 10.2 Å². The van der Waals surface area contributed by atoms with Gasteiger partial charge in [0, 0.05) is 11.6 Å². The maximum Gasteiger partial charge on any atom is 0.337 e. The number of ether oxygens (including phenoxy) is 2. The Kier molecular flexibility index (Phi) is 5.19. The van der Waals surface area contributed by atoms with E-state index >= 15 is 0 Å². The van der Waals surface area contributed by atoms with Gasteiger partial charge in [-0.25, -0.2) is 9.59 Å². The number of carbonyl (C=O) groups excluding carboxylic acids is 2. The van der Waals surface area contributed by atoms with Crippen LogP contribution in [-0.2, 0) is 9.53 Å². The summed E-state index contributed by atoms with van der Waals surface area (Å²) in [5.41, 5.74) is 1.92. The van der Waals surface area contributed by atoms with Gasteiger partial charge in [-0.2, -0.15) is 0 Å². The first kappa shape index (κ1) is 17.1. The van der Waals surface area contributed by atoms with Gasteiger partial charge in [0.2, 0.25) is 12.3 Å². The van der Waals surface area contributed by atoms with Crippen LogP contribution < -0.4 is 4.74 Å². The molecule has 0 aliphatic carbocycles. The third-order valence-electron chi connectivity index (χ3n) is 3.42. The van der Waals surface area contributed by atoms with Crippen molar-refractivity contribution in [2.75, 3.05) is 7.11 Å². The molecule has 0 saturated carbocycles. The SMILES string of the molecule is COC(=O)c1ccc(/C=C/C(=O)Oc2ccc(-c3nnco3)cc2)cc1. The molecule has 0 aliphatic rings. The predicted octanol–water partition coefficient (Wildman–Crippen LogP) is 3.14. The number of esters is 2. The molecule has 3 rings (SSSR count). The van der Waals surface area contributed by atoms with E-state index in [9.17, 15) is 9.59 Å². The highest BCUT2D eigenvalue weighted by Gasteiger charge is 2.06. The first-order valence-electron chi connectivity index (χ1n) is 7.60. The van der Waals surface area contributed by atoms with Crippen LogP contribution >= 0.6 is 0 Å². The van der Waals surface area contributed by atoms with E-state index in [1.807, 2.05) is 0 Å². The van der Waals surface area contributed by atoms with Crippen molar-refractivity contribution in [3.05, 3.63) is 72.1 Å². The smallest absolute Gasteiger partial charge is 0.337 e. The fraction of sp³-hybridized carbons (Fsp3) is 0.0526. The van der Waals surface area contributed by atoms with E-state index in [-0.39, 0.29) is 0 Å². The molecule has 0 unspecified atom stereocenters. The van der Waals surface area contributed by atoms with E-state index in [1.54, 1.807) is 54.6 Å². The zero-order valence-corrected chi connectivity index (χ0v) is 13.8. The molecule has 0 radical (unpaired) electrons. The third kappa shape index (κ3) is 4.21. The van der Waals surface area contributed by atoms with E-state index in [0.29, 0.717) is 17.2 Å². The van der Waals surface area contributed by atoms with Crippen LogP contribution in [0.2, 0.25) is 0 Å². The number of rotatable bonds is 5. The van der Waals surface area contributed by atoms with Crippen molar-refractivity contribution >= 4 is 18.0 Å². The van der Waals surface area contributed by atoms with Gasteiger partial charge in [0.25, 0.3) is 0 Å². The van der Waals surface area contributed by atoms with Crippen molar-refractivity contribution in [3.8, 4) is 17.2 Å².